The van der Waals surface area contributed by atoms with E-state index in [9.17, 15) is 5.11 Å². The minimum atomic E-state index is 0.185. The van der Waals surface area contributed by atoms with Gasteiger partial charge in [0, 0.05) is 30.4 Å². The van der Waals surface area contributed by atoms with E-state index in [-0.39, 0.29) is 5.41 Å². The summed E-state index contributed by atoms with van der Waals surface area (Å²) in [7, 11) is 0. The lowest BCUT2D eigenvalue weighted by Crippen LogP contribution is -2.43. The number of hydrogen-bond acceptors (Lipinski definition) is 3. The summed E-state index contributed by atoms with van der Waals surface area (Å²) in [5, 5.41) is 13.3. The summed E-state index contributed by atoms with van der Waals surface area (Å²) in [6, 6.07) is 0.611. The van der Waals surface area contributed by atoms with Crippen molar-refractivity contribution in [1.82, 2.24) is 5.32 Å². The number of aliphatic hydroxyl groups is 1. The smallest absolute Gasteiger partial charge is 0.0499 e. The topological polar surface area (TPSA) is 32.3 Å². The van der Waals surface area contributed by atoms with Crippen molar-refractivity contribution < 1.29 is 5.11 Å². The Hall–Kier alpha value is 0.270. The lowest BCUT2D eigenvalue weighted by atomic mass is 9.74. The van der Waals surface area contributed by atoms with E-state index < -0.39 is 0 Å². The lowest BCUT2D eigenvalue weighted by molar-refractivity contribution is 0.0789. The zero-order valence-corrected chi connectivity index (χ0v) is 11.6. The molecule has 2 nitrogen and oxygen atoms in total. The van der Waals surface area contributed by atoms with Gasteiger partial charge >= 0.3 is 0 Å². The average Bonchev–Trinajstić information content (AvgIpc) is 2.35. The Morgan fingerprint density at radius 3 is 2.50 bits per heavy atom. The third-order valence-electron chi connectivity index (χ3n) is 3.88. The van der Waals surface area contributed by atoms with Crippen LogP contribution in [0.25, 0.3) is 0 Å². The molecule has 0 spiro atoms. The fourth-order valence-corrected chi connectivity index (χ4v) is 3.33. The van der Waals surface area contributed by atoms with E-state index in [1.807, 2.05) is 11.8 Å². The van der Waals surface area contributed by atoms with Gasteiger partial charge in [-0.25, -0.2) is 0 Å². The summed E-state index contributed by atoms with van der Waals surface area (Å²) < 4.78 is 0. The highest BCUT2D eigenvalue weighted by Gasteiger charge is 2.31. The minimum absolute atomic E-state index is 0.185. The Kier molecular flexibility index (Phi) is 6.78. The first kappa shape index (κ1) is 14.3. The van der Waals surface area contributed by atoms with E-state index in [4.69, 9.17) is 0 Å². The molecule has 3 heteroatoms. The van der Waals surface area contributed by atoms with Crippen LogP contribution in [-0.2, 0) is 0 Å². The van der Waals surface area contributed by atoms with Gasteiger partial charge in [-0.05, 0) is 25.5 Å². The van der Waals surface area contributed by atoms with Gasteiger partial charge in [-0.1, -0.05) is 26.2 Å². The molecular weight excluding hydrogens is 218 g/mol. The third-order valence-corrected chi connectivity index (χ3v) is 4.61. The molecule has 0 saturated heterocycles. The molecule has 0 heterocycles. The molecule has 0 bridgehead atoms. The molecule has 2 N–H and O–H groups in total. The van der Waals surface area contributed by atoms with Crippen LogP contribution in [0.5, 0.6) is 0 Å². The molecule has 0 amide bonds. The predicted octanol–water partition coefficient (Wildman–Crippen LogP) is 2.66. The van der Waals surface area contributed by atoms with E-state index in [0.29, 0.717) is 12.6 Å². The van der Waals surface area contributed by atoms with E-state index in [0.717, 1.165) is 6.54 Å². The van der Waals surface area contributed by atoms with Gasteiger partial charge in [0.25, 0.3) is 0 Å². The quantitative estimate of drug-likeness (QED) is 0.723. The fraction of sp³-hybridized carbons (Fsp3) is 1.00. The molecule has 16 heavy (non-hydrogen) atoms. The van der Waals surface area contributed by atoms with Crippen LogP contribution in [0.15, 0.2) is 0 Å². The van der Waals surface area contributed by atoms with E-state index in [2.05, 4.69) is 18.5 Å². The lowest BCUT2D eigenvalue weighted by Gasteiger charge is -2.37. The SMILES string of the molecule is CCC(CSC)NCC1(CO)CCCCC1. The predicted molar refractivity (Wildman–Crippen MR) is 73.1 cm³/mol. The van der Waals surface area contributed by atoms with Gasteiger partial charge in [-0.15, -0.1) is 0 Å². The second-order valence-electron chi connectivity index (χ2n) is 5.16. The van der Waals surface area contributed by atoms with Gasteiger partial charge < -0.3 is 10.4 Å². The van der Waals surface area contributed by atoms with Crippen molar-refractivity contribution >= 4 is 11.8 Å². The maximum absolute atomic E-state index is 9.61. The van der Waals surface area contributed by atoms with Crippen LogP contribution in [-0.4, -0.2) is 36.3 Å². The molecule has 0 aliphatic heterocycles. The normalized spacial score (nSPS) is 21.9. The van der Waals surface area contributed by atoms with Crippen molar-refractivity contribution in [3.63, 3.8) is 0 Å². The number of hydrogen-bond donors (Lipinski definition) is 2. The molecule has 1 atom stereocenters. The van der Waals surface area contributed by atoms with Gasteiger partial charge in [0.15, 0.2) is 0 Å². The Bertz CT molecular complexity index is 181. The monoisotopic (exact) mass is 245 g/mol. The van der Waals surface area contributed by atoms with Crippen LogP contribution in [0.2, 0.25) is 0 Å². The average molecular weight is 245 g/mol. The highest BCUT2D eigenvalue weighted by molar-refractivity contribution is 7.98. The Labute approximate surface area is 105 Å². The maximum Gasteiger partial charge on any atom is 0.0499 e. The van der Waals surface area contributed by atoms with Gasteiger partial charge in [0.1, 0.15) is 0 Å². The standard InChI is InChI=1S/C13H27NOS/c1-3-12(9-16-2)14-10-13(11-15)7-5-4-6-8-13/h12,14-15H,3-11H2,1-2H3. The molecule has 1 saturated carbocycles. The molecule has 1 rings (SSSR count). The zero-order chi connectivity index (χ0) is 11.9. The molecule has 0 aromatic rings. The first-order chi connectivity index (χ1) is 7.76. The van der Waals surface area contributed by atoms with Crippen molar-refractivity contribution in [2.75, 3.05) is 25.2 Å². The van der Waals surface area contributed by atoms with Gasteiger partial charge in [-0.2, -0.15) is 11.8 Å². The summed E-state index contributed by atoms with van der Waals surface area (Å²) in [6.07, 6.45) is 9.68. The second kappa shape index (κ2) is 7.57. The Balaban J connectivity index is 2.36. The molecule has 1 aliphatic rings. The van der Waals surface area contributed by atoms with E-state index in [1.54, 1.807) is 0 Å². The molecule has 0 radical (unpaired) electrons. The Morgan fingerprint density at radius 1 is 1.31 bits per heavy atom. The highest BCUT2D eigenvalue weighted by Crippen LogP contribution is 2.35. The van der Waals surface area contributed by atoms with Crippen LogP contribution < -0.4 is 5.32 Å². The van der Waals surface area contributed by atoms with Crippen molar-refractivity contribution in [1.29, 1.82) is 0 Å². The summed E-state index contributed by atoms with van der Waals surface area (Å²) >= 11 is 1.90. The van der Waals surface area contributed by atoms with Crippen LogP contribution in [0.1, 0.15) is 45.4 Å². The molecule has 1 unspecified atom stereocenters. The second-order valence-corrected chi connectivity index (χ2v) is 6.07. The fourth-order valence-electron chi connectivity index (χ4n) is 2.58. The summed E-state index contributed by atoms with van der Waals surface area (Å²) in [5.41, 5.74) is 0.185. The Morgan fingerprint density at radius 2 is 2.00 bits per heavy atom. The third kappa shape index (κ3) is 4.27. The largest absolute Gasteiger partial charge is 0.396 e. The van der Waals surface area contributed by atoms with Crippen LogP contribution in [0.4, 0.5) is 0 Å². The number of aliphatic hydroxyl groups excluding tert-OH is 1. The molecule has 0 aromatic heterocycles. The number of nitrogens with one attached hydrogen (secondary N) is 1. The van der Waals surface area contributed by atoms with Crippen molar-refractivity contribution in [2.24, 2.45) is 5.41 Å². The molecule has 0 aromatic carbocycles. The molecule has 1 fully saturated rings. The van der Waals surface area contributed by atoms with E-state index >= 15 is 0 Å². The van der Waals surface area contributed by atoms with E-state index in [1.165, 1.54) is 44.3 Å². The first-order valence-electron chi connectivity index (χ1n) is 6.59. The van der Waals surface area contributed by atoms with Crippen LogP contribution in [0, 0.1) is 5.41 Å². The van der Waals surface area contributed by atoms with Gasteiger partial charge in [-0.3, -0.25) is 0 Å². The number of thioether (sulfide) groups is 1. The van der Waals surface area contributed by atoms with Crippen molar-refractivity contribution in [3.8, 4) is 0 Å². The van der Waals surface area contributed by atoms with Crippen LogP contribution >= 0.6 is 11.8 Å². The minimum Gasteiger partial charge on any atom is -0.396 e. The maximum atomic E-state index is 9.61. The highest BCUT2D eigenvalue weighted by atomic mass is 32.2. The van der Waals surface area contributed by atoms with Crippen LogP contribution in [0.3, 0.4) is 0 Å². The number of rotatable bonds is 7. The van der Waals surface area contributed by atoms with Crippen molar-refractivity contribution in [3.05, 3.63) is 0 Å². The molecule has 1 aliphatic carbocycles. The zero-order valence-electron chi connectivity index (χ0n) is 10.8. The molecular formula is C13H27NOS. The van der Waals surface area contributed by atoms with Gasteiger partial charge in [0.05, 0.1) is 0 Å². The van der Waals surface area contributed by atoms with Gasteiger partial charge in [0.2, 0.25) is 0 Å². The summed E-state index contributed by atoms with van der Waals surface area (Å²) in [4.78, 5) is 0. The summed E-state index contributed by atoms with van der Waals surface area (Å²) in [5.74, 6) is 1.18. The molecule has 96 valence electrons. The van der Waals surface area contributed by atoms with Crippen molar-refractivity contribution in [2.45, 2.75) is 51.5 Å². The first-order valence-corrected chi connectivity index (χ1v) is 7.99. The summed E-state index contributed by atoms with van der Waals surface area (Å²) in [6.45, 7) is 3.60.